The SMILES string of the molecule is FC(F)(F)c1ccc(COc2ccc(-c3nc4ccc(C5CCNCC5)cc4[nH]3)cc2)cc1. The van der Waals surface area contributed by atoms with Gasteiger partial charge in [0.15, 0.2) is 0 Å². The van der Waals surface area contributed by atoms with Crippen molar-refractivity contribution in [3.8, 4) is 17.1 Å². The van der Waals surface area contributed by atoms with E-state index in [9.17, 15) is 13.2 Å². The van der Waals surface area contributed by atoms with Gasteiger partial charge in [-0.05, 0) is 91.5 Å². The molecule has 33 heavy (non-hydrogen) atoms. The number of nitrogens with one attached hydrogen (secondary N) is 2. The highest BCUT2D eigenvalue weighted by Gasteiger charge is 2.29. The summed E-state index contributed by atoms with van der Waals surface area (Å²) in [6.45, 7) is 2.32. The van der Waals surface area contributed by atoms with E-state index in [1.165, 1.54) is 17.7 Å². The van der Waals surface area contributed by atoms with E-state index < -0.39 is 11.7 Å². The number of hydrogen-bond donors (Lipinski definition) is 2. The quantitative estimate of drug-likeness (QED) is 0.375. The van der Waals surface area contributed by atoms with Crippen LogP contribution < -0.4 is 10.1 Å². The minimum Gasteiger partial charge on any atom is -0.489 e. The van der Waals surface area contributed by atoms with Crippen LogP contribution in [0, 0.1) is 0 Å². The molecule has 1 aliphatic heterocycles. The first-order valence-electron chi connectivity index (χ1n) is 11.1. The van der Waals surface area contributed by atoms with Crippen LogP contribution in [0.25, 0.3) is 22.4 Å². The van der Waals surface area contributed by atoms with E-state index >= 15 is 0 Å². The number of aromatic nitrogens is 2. The third kappa shape index (κ3) is 4.88. The van der Waals surface area contributed by atoms with Crippen LogP contribution in [0.1, 0.15) is 35.4 Å². The van der Waals surface area contributed by atoms with Crippen molar-refractivity contribution in [2.24, 2.45) is 0 Å². The second-order valence-corrected chi connectivity index (χ2v) is 8.39. The summed E-state index contributed by atoms with van der Waals surface area (Å²) < 4.78 is 43.8. The Kier molecular flexibility index (Phi) is 5.81. The van der Waals surface area contributed by atoms with E-state index in [2.05, 4.69) is 28.5 Å². The number of benzene rings is 3. The third-order valence-corrected chi connectivity index (χ3v) is 6.13. The fourth-order valence-corrected chi connectivity index (χ4v) is 4.24. The minimum atomic E-state index is -4.33. The van der Waals surface area contributed by atoms with Crippen LogP contribution in [0.5, 0.6) is 5.75 Å². The molecule has 1 aliphatic rings. The fourth-order valence-electron chi connectivity index (χ4n) is 4.24. The first-order chi connectivity index (χ1) is 16.0. The van der Waals surface area contributed by atoms with E-state index in [-0.39, 0.29) is 6.61 Å². The van der Waals surface area contributed by atoms with E-state index in [0.29, 0.717) is 17.2 Å². The lowest BCUT2D eigenvalue weighted by atomic mass is 9.90. The van der Waals surface area contributed by atoms with E-state index in [1.54, 1.807) is 0 Å². The summed E-state index contributed by atoms with van der Waals surface area (Å²) in [6.07, 6.45) is -2.03. The summed E-state index contributed by atoms with van der Waals surface area (Å²) in [5.41, 5.74) is 4.27. The molecule has 2 heterocycles. The van der Waals surface area contributed by atoms with Gasteiger partial charge in [-0.3, -0.25) is 0 Å². The van der Waals surface area contributed by atoms with Crippen molar-refractivity contribution < 1.29 is 17.9 Å². The lowest BCUT2D eigenvalue weighted by Crippen LogP contribution is -2.26. The molecule has 0 atom stereocenters. The lowest BCUT2D eigenvalue weighted by molar-refractivity contribution is -0.137. The Morgan fingerprint density at radius 1 is 0.909 bits per heavy atom. The van der Waals surface area contributed by atoms with Gasteiger partial charge >= 0.3 is 6.18 Å². The summed E-state index contributed by atoms with van der Waals surface area (Å²) in [7, 11) is 0. The zero-order valence-electron chi connectivity index (χ0n) is 18.0. The van der Waals surface area contributed by atoms with Crippen molar-refractivity contribution in [3.05, 3.63) is 83.4 Å². The third-order valence-electron chi connectivity index (χ3n) is 6.13. The first-order valence-corrected chi connectivity index (χ1v) is 11.1. The number of fused-ring (bicyclic) bond motifs is 1. The summed E-state index contributed by atoms with van der Waals surface area (Å²) in [5.74, 6) is 2.02. The van der Waals surface area contributed by atoms with Crippen LogP contribution in [0.3, 0.4) is 0 Å². The maximum atomic E-state index is 12.7. The Balaban J connectivity index is 1.26. The summed E-state index contributed by atoms with van der Waals surface area (Å²) in [5, 5.41) is 3.41. The largest absolute Gasteiger partial charge is 0.489 e. The molecule has 4 nitrogen and oxygen atoms in total. The van der Waals surface area contributed by atoms with Gasteiger partial charge in [0, 0.05) is 5.56 Å². The second kappa shape index (κ2) is 8.90. The minimum absolute atomic E-state index is 0.196. The molecule has 1 fully saturated rings. The molecule has 0 radical (unpaired) electrons. The standard InChI is InChI=1S/C26H24F3N3O/c27-26(28,29)21-6-1-17(2-7-21)16-33-22-8-3-19(4-9-22)25-31-23-10-5-20(15-24(23)32-25)18-11-13-30-14-12-18/h1-10,15,18,30H,11-14,16H2,(H,31,32). The van der Waals surface area contributed by atoms with Gasteiger partial charge in [0.2, 0.25) is 0 Å². The predicted molar refractivity (Wildman–Crippen MR) is 122 cm³/mol. The van der Waals surface area contributed by atoms with E-state index in [1.807, 2.05) is 24.3 Å². The first kappa shape index (κ1) is 21.5. The van der Waals surface area contributed by atoms with Crippen LogP contribution >= 0.6 is 0 Å². The average molecular weight is 451 g/mol. The number of H-pyrrole nitrogens is 1. The number of aromatic amines is 1. The van der Waals surface area contributed by atoms with Crippen molar-refractivity contribution in [1.82, 2.24) is 15.3 Å². The van der Waals surface area contributed by atoms with Crippen molar-refractivity contribution in [2.45, 2.75) is 31.5 Å². The average Bonchev–Trinajstić information content (AvgIpc) is 3.27. The van der Waals surface area contributed by atoms with Crippen molar-refractivity contribution >= 4 is 11.0 Å². The molecule has 0 bridgehead atoms. The molecule has 170 valence electrons. The van der Waals surface area contributed by atoms with Crippen LogP contribution in [0.2, 0.25) is 0 Å². The Bertz CT molecular complexity index is 1220. The highest BCUT2D eigenvalue weighted by Crippen LogP contribution is 2.30. The Morgan fingerprint density at radius 3 is 2.33 bits per heavy atom. The monoisotopic (exact) mass is 451 g/mol. The maximum Gasteiger partial charge on any atom is 0.416 e. The smallest absolute Gasteiger partial charge is 0.416 e. The van der Waals surface area contributed by atoms with Crippen LogP contribution in [0.15, 0.2) is 66.7 Å². The summed E-state index contributed by atoms with van der Waals surface area (Å²) in [4.78, 5) is 8.15. The molecule has 0 unspecified atom stereocenters. The number of hydrogen-bond acceptors (Lipinski definition) is 3. The highest BCUT2D eigenvalue weighted by atomic mass is 19.4. The Labute approximate surface area is 189 Å². The molecule has 0 amide bonds. The second-order valence-electron chi connectivity index (χ2n) is 8.39. The number of alkyl halides is 3. The van der Waals surface area contributed by atoms with Crippen molar-refractivity contribution in [1.29, 1.82) is 0 Å². The molecule has 7 heteroatoms. The van der Waals surface area contributed by atoms with Gasteiger partial charge < -0.3 is 15.0 Å². The number of imidazole rings is 1. The van der Waals surface area contributed by atoms with Gasteiger partial charge in [0.1, 0.15) is 18.2 Å². The maximum absolute atomic E-state index is 12.7. The van der Waals surface area contributed by atoms with Gasteiger partial charge in [-0.15, -0.1) is 0 Å². The van der Waals surface area contributed by atoms with Crippen LogP contribution in [-0.4, -0.2) is 23.1 Å². The normalized spacial score (nSPS) is 15.1. The van der Waals surface area contributed by atoms with Crippen LogP contribution in [0.4, 0.5) is 13.2 Å². The molecule has 0 aliphatic carbocycles. The van der Waals surface area contributed by atoms with E-state index in [0.717, 1.165) is 60.5 Å². The summed E-state index contributed by atoms with van der Waals surface area (Å²) >= 11 is 0. The van der Waals surface area contributed by atoms with E-state index in [4.69, 9.17) is 9.72 Å². The molecule has 2 N–H and O–H groups in total. The van der Waals surface area contributed by atoms with Crippen LogP contribution in [-0.2, 0) is 12.8 Å². The molecule has 5 rings (SSSR count). The number of ether oxygens (including phenoxy) is 1. The summed E-state index contributed by atoms with van der Waals surface area (Å²) in [6, 6.07) is 19.0. The molecule has 1 saturated heterocycles. The molecule has 0 spiro atoms. The molecule has 1 aromatic heterocycles. The molecule has 0 saturated carbocycles. The van der Waals surface area contributed by atoms with Gasteiger partial charge in [-0.2, -0.15) is 13.2 Å². The molecular weight excluding hydrogens is 427 g/mol. The highest BCUT2D eigenvalue weighted by molar-refractivity contribution is 5.80. The zero-order chi connectivity index (χ0) is 22.8. The van der Waals surface area contributed by atoms with Gasteiger partial charge in [0.25, 0.3) is 0 Å². The molecular formula is C26H24F3N3O. The molecule has 3 aromatic carbocycles. The van der Waals surface area contributed by atoms with Gasteiger partial charge in [-0.1, -0.05) is 18.2 Å². The molecule has 4 aromatic rings. The predicted octanol–water partition coefficient (Wildman–Crippen LogP) is 6.29. The van der Waals surface area contributed by atoms with Gasteiger partial charge in [-0.25, -0.2) is 4.98 Å². The topological polar surface area (TPSA) is 49.9 Å². The Morgan fingerprint density at radius 2 is 1.64 bits per heavy atom. The van der Waals surface area contributed by atoms with Gasteiger partial charge in [0.05, 0.1) is 16.6 Å². The van der Waals surface area contributed by atoms with Crippen molar-refractivity contribution in [2.75, 3.05) is 13.1 Å². The zero-order valence-corrected chi connectivity index (χ0v) is 18.0. The van der Waals surface area contributed by atoms with Crippen molar-refractivity contribution in [3.63, 3.8) is 0 Å². The fraction of sp³-hybridized carbons (Fsp3) is 0.269. The number of nitrogens with zero attached hydrogens (tertiary/aromatic N) is 1. The number of rotatable bonds is 5. The number of halogens is 3. The lowest BCUT2D eigenvalue weighted by Gasteiger charge is -2.22. The number of piperidine rings is 1. The Hall–Kier alpha value is -3.32.